The topological polar surface area (TPSA) is 55.1 Å². The van der Waals surface area contributed by atoms with Crippen LogP contribution in [0.4, 0.5) is 0 Å². The van der Waals surface area contributed by atoms with Crippen LogP contribution in [-0.4, -0.2) is 24.5 Å². The summed E-state index contributed by atoms with van der Waals surface area (Å²) in [5.41, 5.74) is 8.49. The number of rotatable bonds is 7. The van der Waals surface area contributed by atoms with E-state index in [1.165, 1.54) is 5.56 Å². The van der Waals surface area contributed by atoms with Gasteiger partial charge in [0.25, 0.3) is 0 Å². The van der Waals surface area contributed by atoms with Gasteiger partial charge in [0.2, 0.25) is 5.91 Å². The molecule has 0 aliphatic rings. The summed E-state index contributed by atoms with van der Waals surface area (Å²) >= 11 is 1.68. The highest BCUT2D eigenvalue weighted by atomic mass is 35.5. The number of carbonyl (C=O) groups is 1. The lowest BCUT2D eigenvalue weighted by atomic mass is 9.99. The molecule has 3 N–H and O–H groups in total. The second kappa shape index (κ2) is 10.1. The molecule has 0 aliphatic heterocycles. The summed E-state index contributed by atoms with van der Waals surface area (Å²) < 4.78 is 0. The molecular formula is C16H27ClN2OS. The van der Waals surface area contributed by atoms with Gasteiger partial charge < -0.3 is 11.1 Å². The Kier molecular flexibility index (Phi) is 9.75. The predicted octanol–water partition coefficient (Wildman–Crippen LogP) is 3.35. The molecule has 0 bridgehead atoms. The van der Waals surface area contributed by atoms with E-state index in [1.54, 1.807) is 11.8 Å². The highest BCUT2D eigenvalue weighted by molar-refractivity contribution is 7.98. The van der Waals surface area contributed by atoms with Crippen LogP contribution in [0, 0.1) is 5.92 Å². The summed E-state index contributed by atoms with van der Waals surface area (Å²) in [5.74, 6) is 1.46. The smallest absolute Gasteiger partial charge is 0.223 e. The van der Waals surface area contributed by atoms with Gasteiger partial charge in [-0.1, -0.05) is 45.0 Å². The van der Waals surface area contributed by atoms with Crippen LogP contribution in [-0.2, 0) is 4.79 Å². The number of nitrogens with two attached hydrogens (primary N) is 1. The summed E-state index contributed by atoms with van der Waals surface area (Å²) in [6.45, 7) is 6.76. The molecule has 1 rings (SSSR count). The van der Waals surface area contributed by atoms with Gasteiger partial charge in [-0.2, -0.15) is 11.8 Å². The minimum absolute atomic E-state index is 0. The summed E-state index contributed by atoms with van der Waals surface area (Å²) in [7, 11) is 0. The van der Waals surface area contributed by atoms with E-state index in [0.717, 1.165) is 11.3 Å². The van der Waals surface area contributed by atoms with Gasteiger partial charge in [-0.25, -0.2) is 0 Å². The Morgan fingerprint density at radius 3 is 2.19 bits per heavy atom. The standard InChI is InChI=1S/C16H26N2OS.ClH/c1-11(2)13-5-7-14(8-6-13)15(17)9-18-16(19)12(3)10-20-4;/h5-8,11-12,15H,9-10,17H2,1-4H3,(H,18,19);1H. The first-order valence-corrected chi connectivity index (χ1v) is 8.47. The number of halogens is 1. The zero-order chi connectivity index (χ0) is 15.1. The van der Waals surface area contributed by atoms with E-state index >= 15 is 0 Å². The van der Waals surface area contributed by atoms with Gasteiger partial charge in [0.05, 0.1) is 0 Å². The van der Waals surface area contributed by atoms with Crippen LogP contribution in [0.3, 0.4) is 0 Å². The largest absolute Gasteiger partial charge is 0.354 e. The molecule has 0 heterocycles. The quantitative estimate of drug-likeness (QED) is 0.806. The van der Waals surface area contributed by atoms with Crippen molar-refractivity contribution in [2.24, 2.45) is 11.7 Å². The zero-order valence-corrected chi connectivity index (χ0v) is 14.9. The molecule has 3 nitrogen and oxygen atoms in total. The second-order valence-corrected chi connectivity index (χ2v) is 6.44. The molecule has 21 heavy (non-hydrogen) atoms. The van der Waals surface area contributed by atoms with E-state index in [0.29, 0.717) is 12.5 Å². The SMILES string of the molecule is CSCC(C)C(=O)NCC(N)c1ccc(C(C)C)cc1.Cl. The number of carbonyl (C=O) groups excluding carboxylic acids is 1. The number of hydrogen-bond acceptors (Lipinski definition) is 3. The van der Waals surface area contributed by atoms with E-state index in [4.69, 9.17) is 5.73 Å². The van der Waals surface area contributed by atoms with E-state index in [-0.39, 0.29) is 30.3 Å². The Morgan fingerprint density at radius 2 is 1.71 bits per heavy atom. The molecule has 1 aromatic rings. The van der Waals surface area contributed by atoms with Gasteiger partial charge in [-0.05, 0) is 23.3 Å². The van der Waals surface area contributed by atoms with E-state index < -0.39 is 0 Å². The monoisotopic (exact) mass is 330 g/mol. The number of hydrogen-bond donors (Lipinski definition) is 2. The molecule has 120 valence electrons. The van der Waals surface area contributed by atoms with Gasteiger partial charge in [0, 0.05) is 24.3 Å². The number of thioether (sulfide) groups is 1. The Labute approximate surface area is 138 Å². The fraction of sp³-hybridized carbons (Fsp3) is 0.562. The lowest BCUT2D eigenvalue weighted by Crippen LogP contribution is -2.35. The zero-order valence-electron chi connectivity index (χ0n) is 13.3. The summed E-state index contributed by atoms with van der Waals surface area (Å²) in [6.07, 6.45) is 2.01. The first-order valence-electron chi connectivity index (χ1n) is 7.07. The maximum Gasteiger partial charge on any atom is 0.223 e. The van der Waals surface area contributed by atoms with Crippen molar-refractivity contribution in [2.75, 3.05) is 18.6 Å². The van der Waals surface area contributed by atoms with Crippen LogP contribution in [0.5, 0.6) is 0 Å². The maximum atomic E-state index is 11.8. The number of amides is 1. The van der Waals surface area contributed by atoms with Crippen molar-refractivity contribution >= 4 is 30.1 Å². The lowest BCUT2D eigenvalue weighted by Gasteiger charge is -2.16. The molecular weight excluding hydrogens is 304 g/mol. The molecule has 1 aromatic carbocycles. The fourth-order valence-corrected chi connectivity index (χ4v) is 2.61. The Bertz CT molecular complexity index is 423. The van der Waals surface area contributed by atoms with E-state index in [9.17, 15) is 4.79 Å². The Balaban J connectivity index is 0.00000400. The third-order valence-electron chi connectivity index (χ3n) is 3.39. The van der Waals surface area contributed by atoms with Crippen molar-refractivity contribution in [3.8, 4) is 0 Å². The predicted molar refractivity (Wildman–Crippen MR) is 95.3 cm³/mol. The average molecular weight is 331 g/mol. The highest BCUT2D eigenvalue weighted by Gasteiger charge is 2.14. The van der Waals surface area contributed by atoms with Gasteiger partial charge in [0.15, 0.2) is 0 Å². The molecule has 0 saturated carbocycles. The summed E-state index contributed by atoms with van der Waals surface area (Å²) in [6, 6.07) is 8.17. The summed E-state index contributed by atoms with van der Waals surface area (Å²) in [4.78, 5) is 11.8. The highest BCUT2D eigenvalue weighted by Crippen LogP contribution is 2.17. The van der Waals surface area contributed by atoms with Crippen molar-refractivity contribution < 1.29 is 4.79 Å². The Morgan fingerprint density at radius 1 is 1.19 bits per heavy atom. The van der Waals surface area contributed by atoms with Crippen molar-refractivity contribution in [3.05, 3.63) is 35.4 Å². The van der Waals surface area contributed by atoms with Crippen molar-refractivity contribution in [3.63, 3.8) is 0 Å². The minimum Gasteiger partial charge on any atom is -0.354 e. The molecule has 0 saturated heterocycles. The molecule has 2 unspecified atom stereocenters. The van der Waals surface area contributed by atoms with Crippen molar-refractivity contribution in [1.29, 1.82) is 0 Å². The molecule has 5 heteroatoms. The summed E-state index contributed by atoms with van der Waals surface area (Å²) in [5, 5.41) is 2.93. The second-order valence-electron chi connectivity index (χ2n) is 5.53. The normalized spacial score (nSPS) is 13.4. The van der Waals surface area contributed by atoms with Crippen LogP contribution in [0.15, 0.2) is 24.3 Å². The fourth-order valence-electron chi connectivity index (χ4n) is 1.96. The lowest BCUT2D eigenvalue weighted by molar-refractivity contribution is -0.123. The van der Waals surface area contributed by atoms with E-state index in [2.05, 4.69) is 43.4 Å². The Hall–Kier alpha value is -0.710. The molecule has 0 spiro atoms. The van der Waals surface area contributed by atoms with Gasteiger partial charge in [-0.3, -0.25) is 4.79 Å². The molecule has 0 radical (unpaired) electrons. The first kappa shape index (κ1) is 20.3. The maximum absolute atomic E-state index is 11.8. The average Bonchev–Trinajstić information content (AvgIpc) is 2.44. The van der Waals surface area contributed by atoms with Gasteiger partial charge in [0.1, 0.15) is 0 Å². The third kappa shape index (κ3) is 6.72. The van der Waals surface area contributed by atoms with Gasteiger partial charge in [-0.15, -0.1) is 12.4 Å². The molecule has 0 aliphatic carbocycles. The van der Waals surface area contributed by atoms with Crippen LogP contribution < -0.4 is 11.1 Å². The van der Waals surface area contributed by atoms with Crippen LogP contribution >= 0.6 is 24.2 Å². The van der Waals surface area contributed by atoms with Crippen LogP contribution in [0.1, 0.15) is 43.9 Å². The number of nitrogens with one attached hydrogen (secondary N) is 1. The van der Waals surface area contributed by atoms with Crippen molar-refractivity contribution in [1.82, 2.24) is 5.32 Å². The molecule has 0 aromatic heterocycles. The van der Waals surface area contributed by atoms with Crippen LogP contribution in [0.25, 0.3) is 0 Å². The first-order chi connectivity index (χ1) is 9.45. The van der Waals surface area contributed by atoms with E-state index in [1.807, 2.05) is 13.2 Å². The van der Waals surface area contributed by atoms with Gasteiger partial charge >= 0.3 is 0 Å². The molecule has 0 fully saturated rings. The minimum atomic E-state index is -0.151. The number of benzene rings is 1. The van der Waals surface area contributed by atoms with Crippen LogP contribution in [0.2, 0.25) is 0 Å². The molecule has 2 atom stereocenters. The third-order valence-corrected chi connectivity index (χ3v) is 4.23. The van der Waals surface area contributed by atoms with Crippen molar-refractivity contribution in [2.45, 2.75) is 32.7 Å². The molecule has 1 amide bonds.